The second-order valence-corrected chi connectivity index (χ2v) is 1.32. The molecule has 0 aliphatic carbocycles. The van der Waals surface area contributed by atoms with Crippen LogP contribution in [-0.4, -0.2) is 27.6 Å². The molecule has 0 rings (SSSR count). The fourth-order valence-electron chi connectivity index (χ4n) is 0. The summed E-state index contributed by atoms with van der Waals surface area (Å²) in [6.45, 7) is 4.25. The Hall–Kier alpha value is -1.10. The van der Waals surface area contributed by atoms with Crippen molar-refractivity contribution in [3.8, 4) is 0 Å². The number of carboxylic acid groups (broad SMARTS) is 2. The molecule has 0 heterocycles. The third-order valence-corrected chi connectivity index (χ3v) is 0.183. The lowest BCUT2D eigenvalue weighted by molar-refractivity contribution is -0.159. The minimum absolute atomic E-state index is 0. The van der Waals surface area contributed by atoms with Gasteiger partial charge in [-0.25, -0.2) is 9.59 Å². The number of aliphatic carboxylic acids is 2. The minimum Gasteiger partial charge on any atom is -0.473 e. The molecule has 0 radical (unpaired) electrons. The van der Waals surface area contributed by atoms with Crippen molar-refractivity contribution in [2.75, 3.05) is 0 Å². The number of hydrogen-bond donors (Lipinski definition) is 2. The molecule has 0 amide bonds. The van der Waals surface area contributed by atoms with Gasteiger partial charge in [0.1, 0.15) is 0 Å². The fraction of sp³-hybridized carbons (Fsp3) is 0.600. The Kier molecular flexibility index (Phi) is 17.2. The molecule has 62 valence electrons. The van der Waals surface area contributed by atoms with Crippen molar-refractivity contribution in [1.29, 1.82) is 0 Å². The SMILES string of the molecule is CCC.O.O=C(O)C(=O)O. The van der Waals surface area contributed by atoms with Gasteiger partial charge in [0.25, 0.3) is 0 Å². The van der Waals surface area contributed by atoms with Gasteiger partial charge in [-0.05, 0) is 0 Å². The van der Waals surface area contributed by atoms with Crippen LogP contribution in [0.15, 0.2) is 0 Å². The maximum absolute atomic E-state index is 9.10. The van der Waals surface area contributed by atoms with Crippen molar-refractivity contribution < 1.29 is 25.3 Å². The summed E-state index contributed by atoms with van der Waals surface area (Å²) in [6, 6.07) is 0. The molecule has 5 nitrogen and oxygen atoms in total. The van der Waals surface area contributed by atoms with E-state index >= 15 is 0 Å². The zero-order valence-electron chi connectivity index (χ0n) is 5.92. The molecule has 4 N–H and O–H groups in total. The van der Waals surface area contributed by atoms with E-state index in [0.29, 0.717) is 0 Å². The predicted octanol–water partition coefficient (Wildman–Crippen LogP) is -0.253. The van der Waals surface area contributed by atoms with Gasteiger partial charge in [-0.2, -0.15) is 0 Å². The smallest absolute Gasteiger partial charge is 0.414 e. The summed E-state index contributed by atoms with van der Waals surface area (Å²) in [7, 11) is 0. The van der Waals surface area contributed by atoms with Gasteiger partial charge in [-0.15, -0.1) is 0 Å². The highest BCUT2D eigenvalue weighted by Gasteiger charge is 2.04. The van der Waals surface area contributed by atoms with E-state index in [0.717, 1.165) is 0 Å². The number of carboxylic acids is 2. The van der Waals surface area contributed by atoms with Gasteiger partial charge in [0.15, 0.2) is 0 Å². The minimum atomic E-state index is -1.82. The van der Waals surface area contributed by atoms with E-state index in [4.69, 9.17) is 19.8 Å². The predicted molar refractivity (Wildman–Crippen MR) is 34.9 cm³/mol. The van der Waals surface area contributed by atoms with Crippen LogP contribution in [-0.2, 0) is 9.59 Å². The number of rotatable bonds is 0. The van der Waals surface area contributed by atoms with Gasteiger partial charge in [0.2, 0.25) is 0 Å². The van der Waals surface area contributed by atoms with Crippen LogP contribution < -0.4 is 0 Å². The quantitative estimate of drug-likeness (QED) is 0.466. The molecule has 0 saturated carbocycles. The molecule has 0 fully saturated rings. The lowest BCUT2D eigenvalue weighted by Gasteiger charge is -1.72. The van der Waals surface area contributed by atoms with Crippen LogP contribution in [0.2, 0.25) is 0 Å². The average Bonchev–Trinajstić information content (AvgIpc) is 1.68. The van der Waals surface area contributed by atoms with E-state index in [-0.39, 0.29) is 5.48 Å². The summed E-state index contributed by atoms with van der Waals surface area (Å²) in [6.07, 6.45) is 1.25. The molecule has 0 aromatic heterocycles. The summed E-state index contributed by atoms with van der Waals surface area (Å²) in [5, 5.41) is 14.8. The summed E-state index contributed by atoms with van der Waals surface area (Å²) in [4.78, 5) is 18.2. The first-order chi connectivity index (χ1) is 4.06. The van der Waals surface area contributed by atoms with Crippen LogP contribution in [0.5, 0.6) is 0 Å². The van der Waals surface area contributed by atoms with E-state index in [1.165, 1.54) is 6.42 Å². The van der Waals surface area contributed by atoms with Crippen molar-refractivity contribution >= 4 is 11.9 Å². The van der Waals surface area contributed by atoms with Gasteiger partial charge in [0.05, 0.1) is 0 Å². The molecule has 0 aliphatic heterocycles. The van der Waals surface area contributed by atoms with Gasteiger partial charge in [0, 0.05) is 0 Å². The van der Waals surface area contributed by atoms with Crippen molar-refractivity contribution in [3.05, 3.63) is 0 Å². The first-order valence-corrected chi connectivity index (χ1v) is 2.52. The van der Waals surface area contributed by atoms with Crippen LogP contribution in [0.1, 0.15) is 20.3 Å². The van der Waals surface area contributed by atoms with Gasteiger partial charge in [-0.3, -0.25) is 0 Å². The molecule has 0 unspecified atom stereocenters. The maximum Gasteiger partial charge on any atom is 0.414 e. The van der Waals surface area contributed by atoms with Gasteiger partial charge < -0.3 is 15.7 Å². The maximum atomic E-state index is 9.10. The Morgan fingerprint density at radius 2 is 1.20 bits per heavy atom. The molecular formula is C5H12O5. The highest BCUT2D eigenvalue weighted by atomic mass is 16.4. The Morgan fingerprint density at radius 1 is 1.10 bits per heavy atom. The zero-order valence-corrected chi connectivity index (χ0v) is 5.92. The van der Waals surface area contributed by atoms with Crippen molar-refractivity contribution in [2.24, 2.45) is 0 Å². The van der Waals surface area contributed by atoms with Crippen molar-refractivity contribution in [2.45, 2.75) is 20.3 Å². The monoisotopic (exact) mass is 152 g/mol. The fourth-order valence-corrected chi connectivity index (χ4v) is 0. The Bertz CT molecular complexity index is 86.2. The third-order valence-electron chi connectivity index (χ3n) is 0.183. The lowest BCUT2D eigenvalue weighted by Crippen LogP contribution is -2.09. The average molecular weight is 152 g/mol. The van der Waals surface area contributed by atoms with Crippen LogP contribution in [0.25, 0.3) is 0 Å². The normalized spacial score (nSPS) is 6.20. The van der Waals surface area contributed by atoms with Crippen molar-refractivity contribution in [1.82, 2.24) is 0 Å². The molecule has 0 aromatic carbocycles. The van der Waals surface area contributed by atoms with Crippen molar-refractivity contribution in [3.63, 3.8) is 0 Å². The molecule has 0 bridgehead atoms. The van der Waals surface area contributed by atoms with Gasteiger partial charge in [-0.1, -0.05) is 20.3 Å². The summed E-state index contributed by atoms with van der Waals surface area (Å²) in [5.41, 5.74) is 0. The molecule has 0 spiro atoms. The molecule has 5 heteroatoms. The molecule has 0 aliphatic rings. The summed E-state index contributed by atoms with van der Waals surface area (Å²) >= 11 is 0. The zero-order chi connectivity index (χ0) is 7.86. The molecule has 10 heavy (non-hydrogen) atoms. The first kappa shape index (κ1) is 16.0. The number of hydrogen-bond acceptors (Lipinski definition) is 2. The number of carbonyl (C=O) groups is 2. The molecule has 0 saturated heterocycles. The highest BCUT2D eigenvalue weighted by Crippen LogP contribution is 1.56. The van der Waals surface area contributed by atoms with E-state index in [1.54, 1.807) is 0 Å². The molecule has 0 atom stereocenters. The second-order valence-electron chi connectivity index (χ2n) is 1.32. The van der Waals surface area contributed by atoms with Crippen LogP contribution in [0.4, 0.5) is 0 Å². The van der Waals surface area contributed by atoms with E-state index < -0.39 is 11.9 Å². The summed E-state index contributed by atoms with van der Waals surface area (Å²) < 4.78 is 0. The first-order valence-electron chi connectivity index (χ1n) is 2.52. The van der Waals surface area contributed by atoms with Crippen LogP contribution in [0.3, 0.4) is 0 Å². The van der Waals surface area contributed by atoms with Crippen LogP contribution >= 0.6 is 0 Å². The molecule has 0 aromatic rings. The van der Waals surface area contributed by atoms with Crippen LogP contribution in [0, 0.1) is 0 Å². The van der Waals surface area contributed by atoms with Gasteiger partial charge >= 0.3 is 11.9 Å². The lowest BCUT2D eigenvalue weighted by atomic mass is 10.6. The standard InChI is InChI=1S/C3H8.C2H2O4.H2O/c1-3-2;3-1(4)2(5)6;/h3H2,1-2H3;(H,3,4)(H,5,6);1H2. The largest absolute Gasteiger partial charge is 0.473 e. The Balaban J connectivity index is -0.000000107. The van der Waals surface area contributed by atoms with E-state index in [2.05, 4.69) is 13.8 Å². The Morgan fingerprint density at radius 3 is 1.20 bits per heavy atom. The molecular weight excluding hydrogens is 140 g/mol. The van der Waals surface area contributed by atoms with E-state index in [9.17, 15) is 0 Å². The highest BCUT2D eigenvalue weighted by molar-refractivity contribution is 6.27. The second kappa shape index (κ2) is 10.8. The van der Waals surface area contributed by atoms with E-state index in [1.807, 2.05) is 0 Å². The third kappa shape index (κ3) is 28.6. The Labute approximate surface area is 58.6 Å². The summed E-state index contributed by atoms with van der Waals surface area (Å²) in [5.74, 6) is -3.65. The topological polar surface area (TPSA) is 106 Å².